The molecule has 0 saturated carbocycles. The molecule has 18 rings (SSSR count). The van der Waals surface area contributed by atoms with Crippen molar-refractivity contribution >= 4 is 245 Å². The van der Waals surface area contributed by atoms with Gasteiger partial charge in [0, 0.05) is 133 Å². The first-order valence-electron chi connectivity index (χ1n) is 34.9. The number of aliphatic carboxylic acids is 1. The number of aromatic amines is 3. The summed E-state index contributed by atoms with van der Waals surface area (Å²) in [6.07, 6.45) is 4.77. The van der Waals surface area contributed by atoms with E-state index >= 15 is 0 Å². The van der Waals surface area contributed by atoms with Crippen LogP contribution in [0.2, 0.25) is 30.1 Å². The summed E-state index contributed by atoms with van der Waals surface area (Å²) in [6, 6.07) is 33.7. The van der Waals surface area contributed by atoms with Crippen molar-refractivity contribution in [3.8, 4) is 0 Å². The fourth-order valence-electron chi connectivity index (χ4n) is 14.1. The van der Waals surface area contributed by atoms with Gasteiger partial charge in [-0.2, -0.15) is 0 Å². The molecule has 12 aromatic rings. The summed E-state index contributed by atoms with van der Waals surface area (Å²) in [4.78, 5) is 68.7. The average Bonchev–Trinajstić information content (AvgIpc) is 1.60. The van der Waals surface area contributed by atoms with E-state index in [1.807, 2.05) is 136 Å². The molecular formula is C80H70Cl6N6O13S5. The van der Waals surface area contributed by atoms with Gasteiger partial charge >= 0.3 is 23.9 Å². The van der Waals surface area contributed by atoms with E-state index in [1.165, 1.54) is 22.9 Å². The van der Waals surface area contributed by atoms with Crippen molar-refractivity contribution in [1.29, 1.82) is 0 Å². The van der Waals surface area contributed by atoms with Crippen molar-refractivity contribution < 1.29 is 62.2 Å². The van der Waals surface area contributed by atoms with Crippen molar-refractivity contribution in [3.05, 3.63) is 207 Å². The van der Waals surface area contributed by atoms with Crippen LogP contribution in [0.1, 0.15) is 119 Å². The predicted molar refractivity (Wildman–Crippen MR) is 450 cm³/mol. The fraction of sp³-hybridized carbons (Fsp3) is 0.287. The molecule has 12 heterocycles. The third kappa shape index (κ3) is 17.5. The molecule has 0 radical (unpaired) electrons. The number of aromatic nitrogens is 6. The van der Waals surface area contributed by atoms with Gasteiger partial charge in [-0.15, -0.1) is 0 Å². The minimum absolute atomic E-state index is 0.0603. The quantitative estimate of drug-likeness (QED) is 0.0688. The molecule has 19 nitrogen and oxygen atoms in total. The molecule has 0 saturated heterocycles. The first kappa shape index (κ1) is 79.8. The highest BCUT2D eigenvalue weighted by Gasteiger charge is 2.32. The van der Waals surface area contributed by atoms with Crippen LogP contribution >= 0.6 is 130 Å². The number of nitrogens with zero attached hydrogens (tertiary/aromatic N) is 3. The molecule has 30 heteroatoms. The van der Waals surface area contributed by atoms with Crippen LogP contribution in [-0.4, -0.2) is 133 Å². The Kier molecular flexibility index (Phi) is 24.1. The molecule has 110 heavy (non-hydrogen) atoms. The Morgan fingerprint density at radius 2 is 0.727 bits per heavy atom. The standard InChI is InChI=1S/2C17H18ClNO3S.C13H10ClNO3S.C11H8ClNO2.2C11H8ClNOS/c2*1-17(2,3)22-14(20)9-19-13-5-4-10(18)8-12(13)11-6-7-21-16(23)15(11)19;14-7-1-2-10-9(5-7)8-3-4-19-13(18)12(8)15(10)6-11(16)17;12-6-1-2-9-8(5-6)7-3-4-15-11(14)10(7)13-9;2*12-6-1-2-9-8(5-6)7-3-4-14-11(15)10(7)13-9/h2*4-5,8H,6-7,9H2,1-3H3;1-2,5H,3-4,6H2,(H,16,17);3*1-2,5,13H,3-4H2. The fourth-order valence-corrected chi connectivity index (χ4v) is 17.2. The van der Waals surface area contributed by atoms with Gasteiger partial charge in [0.05, 0.1) is 44.4 Å². The highest BCUT2D eigenvalue weighted by atomic mass is 35.5. The molecule has 570 valence electrons. The number of carbonyl (C=O) groups is 5. The van der Waals surface area contributed by atoms with Crippen LogP contribution in [-0.2, 0) is 106 Å². The van der Waals surface area contributed by atoms with Crippen molar-refractivity contribution in [3.63, 3.8) is 0 Å². The number of esters is 3. The van der Waals surface area contributed by atoms with E-state index in [-0.39, 0.29) is 42.7 Å². The number of benzene rings is 6. The molecule has 0 bridgehead atoms. The van der Waals surface area contributed by atoms with Crippen molar-refractivity contribution in [2.75, 3.05) is 38.8 Å². The van der Waals surface area contributed by atoms with Crippen LogP contribution in [0.25, 0.3) is 65.4 Å². The van der Waals surface area contributed by atoms with E-state index < -0.39 is 17.2 Å². The van der Waals surface area contributed by atoms with Crippen molar-refractivity contribution in [1.82, 2.24) is 28.7 Å². The maximum Gasteiger partial charge on any atom is 0.355 e. The predicted octanol–water partition coefficient (Wildman–Crippen LogP) is 19.3. The largest absolute Gasteiger partial charge is 0.481 e. The summed E-state index contributed by atoms with van der Waals surface area (Å²) in [6.45, 7) is 13.9. The number of carboxylic acid groups (broad SMARTS) is 1. The summed E-state index contributed by atoms with van der Waals surface area (Å²) in [7, 11) is 0. The van der Waals surface area contributed by atoms with Gasteiger partial charge in [0.2, 0.25) is 25.3 Å². The Hall–Kier alpha value is -8.24. The lowest BCUT2D eigenvalue weighted by Crippen LogP contribution is -2.28. The molecule has 0 amide bonds. The number of carbonyl (C=O) groups excluding carboxylic acids is 4. The minimum atomic E-state index is -0.960. The van der Waals surface area contributed by atoms with E-state index in [1.54, 1.807) is 28.8 Å². The second-order valence-corrected chi connectivity index (χ2v) is 33.3. The summed E-state index contributed by atoms with van der Waals surface area (Å²) in [5.41, 5.74) is 15.7. The highest BCUT2D eigenvalue weighted by molar-refractivity contribution is 8.14. The Labute approximate surface area is 686 Å². The van der Waals surface area contributed by atoms with Crippen LogP contribution in [0.5, 0.6) is 0 Å². The zero-order valence-electron chi connectivity index (χ0n) is 60.0. The Morgan fingerprint density at radius 1 is 0.418 bits per heavy atom. The maximum atomic E-state index is 12.3. The van der Waals surface area contributed by atoms with Crippen LogP contribution < -0.4 is 0 Å². The van der Waals surface area contributed by atoms with Gasteiger partial charge in [0.1, 0.15) is 53.6 Å². The molecule has 6 aliphatic rings. The minimum Gasteiger partial charge on any atom is -0.481 e. The van der Waals surface area contributed by atoms with Crippen LogP contribution in [0.15, 0.2) is 109 Å². The number of thiocarbonyl (C=S) groups is 4. The van der Waals surface area contributed by atoms with Gasteiger partial charge in [-0.05, 0) is 239 Å². The summed E-state index contributed by atoms with van der Waals surface area (Å²) < 4.78 is 42.9. The lowest BCUT2D eigenvalue weighted by atomic mass is 10.1. The first-order valence-corrected chi connectivity index (χ1v) is 39.8. The maximum absolute atomic E-state index is 12.3. The summed E-state index contributed by atoms with van der Waals surface area (Å²) >= 11 is 58.4. The zero-order valence-corrected chi connectivity index (χ0v) is 68.6. The molecule has 0 fully saturated rings. The number of ether oxygens (including phenoxy) is 7. The van der Waals surface area contributed by atoms with Gasteiger partial charge < -0.3 is 66.9 Å². The van der Waals surface area contributed by atoms with Gasteiger partial charge in [-0.1, -0.05) is 81.4 Å². The number of nitrogens with one attached hydrogen (secondary N) is 3. The molecular weight excluding hydrogens is 1630 g/mol. The zero-order chi connectivity index (χ0) is 78.4. The monoisotopic (exact) mass is 1690 g/mol. The van der Waals surface area contributed by atoms with Gasteiger partial charge in [-0.3, -0.25) is 19.2 Å². The molecule has 6 aromatic heterocycles. The molecule has 6 aliphatic heterocycles. The number of H-pyrrole nitrogens is 3. The van der Waals surface area contributed by atoms with Crippen molar-refractivity contribution in [2.24, 2.45) is 0 Å². The molecule has 6 aromatic carbocycles. The topological polar surface area (TPSA) is 232 Å². The second-order valence-electron chi connectivity index (χ2n) is 28.1. The number of cyclic esters (lactones) is 1. The van der Waals surface area contributed by atoms with Crippen LogP contribution in [0.3, 0.4) is 0 Å². The van der Waals surface area contributed by atoms with E-state index in [2.05, 4.69) is 15.0 Å². The molecule has 0 unspecified atom stereocenters. The Balaban J connectivity index is 0.000000117. The number of rotatable bonds is 6. The number of thioether (sulfide) groups is 1. The Bertz CT molecular complexity index is 5420. The summed E-state index contributed by atoms with van der Waals surface area (Å²) in [5.74, 6) is -1.12. The summed E-state index contributed by atoms with van der Waals surface area (Å²) in [5, 5.41) is 21.3. The number of hydrogen-bond donors (Lipinski definition) is 4. The normalized spacial score (nSPS) is 14.8. The SMILES string of the molecule is CC(C)(C)OC(=O)Cn1c2c(c3cc(Cl)ccc31)CCOC2=S.CC(C)(C)OC(=O)Cn1c2c(c3cc(Cl)ccc31)CCOC2=S.O=C(O)Cn1c2c(c3cc(Cl)ccc31)CCSC2=O.O=C1OCCc2c1[nH]c1ccc(Cl)cc21.S=C1OCCc2c1[nH]c1ccc(Cl)cc21.S=C1OCCc2c1[nH]c1ccc(Cl)cc21. The van der Waals surface area contributed by atoms with Gasteiger partial charge in [0.25, 0.3) is 0 Å². The lowest BCUT2D eigenvalue weighted by molar-refractivity contribution is -0.156. The lowest BCUT2D eigenvalue weighted by Gasteiger charge is -2.21. The second kappa shape index (κ2) is 33.2. The number of aryl methyl sites for hydroxylation is 1. The number of fused-ring (bicyclic) bond motifs is 18. The average molecular weight is 1700 g/mol. The molecule has 0 aliphatic carbocycles. The van der Waals surface area contributed by atoms with E-state index in [4.69, 9.17) is 157 Å². The van der Waals surface area contributed by atoms with Gasteiger partial charge in [0.15, 0.2) is 0 Å². The number of carboxylic acids is 1. The highest BCUT2D eigenvalue weighted by Crippen LogP contribution is 2.39. The molecule has 4 N–H and O–H groups in total. The van der Waals surface area contributed by atoms with Gasteiger partial charge in [-0.25, -0.2) is 4.79 Å². The smallest absolute Gasteiger partial charge is 0.355 e. The number of hydrogen-bond acceptors (Lipinski definition) is 17. The third-order valence-corrected chi connectivity index (χ3v) is 21.9. The molecule has 0 atom stereocenters. The number of halogens is 6. The van der Waals surface area contributed by atoms with Crippen LogP contribution in [0.4, 0.5) is 0 Å². The third-order valence-electron chi connectivity index (χ3n) is 18.4. The first-order chi connectivity index (χ1) is 52.4. The van der Waals surface area contributed by atoms with E-state index in [0.29, 0.717) is 84.7 Å². The van der Waals surface area contributed by atoms with E-state index in [0.717, 1.165) is 165 Å². The Morgan fingerprint density at radius 3 is 1.10 bits per heavy atom. The van der Waals surface area contributed by atoms with E-state index in [9.17, 15) is 24.0 Å². The van der Waals surface area contributed by atoms with Crippen LogP contribution in [0, 0.1) is 0 Å². The van der Waals surface area contributed by atoms with Crippen molar-refractivity contribution in [2.45, 2.75) is 111 Å². The molecule has 0 spiro atoms.